The van der Waals surface area contributed by atoms with Crippen molar-refractivity contribution in [2.45, 2.75) is 12.5 Å². The number of ether oxygens (including phenoxy) is 3. The van der Waals surface area contributed by atoms with Crippen molar-refractivity contribution in [1.82, 2.24) is 0 Å². The standard InChI is InChI=1S/C23H23NO3/c1-25-19-13-16-14-24-18-12-8-7-11-17(18)20(15-9-5-4-6-10-15)21(16)23(27-3)22(19)26-2/h4-13,20,24H,14H2,1-3H3. The highest BCUT2D eigenvalue weighted by Crippen LogP contribution is 2.50. The molecule has 4 nitrogen and oxygen atoms in total. The molecular weight excluding hydrogens is 338 g/mol. The van der Waals surface area contributed by atoms with Crippen molar-refractivity contribution in [1.29, 1.82) is 0 Å². The molecule has 0 spiro atoms. The number of nitrogens with one attached hydrogen (secondary N) is 1. The number of fused-ring (bicyclic) bond motifs is 2. The fourth-order valence-corrected chi connectivity index (χ4v) is 3.94. The van der Waals surface area contributed by atoms with E-state index in [-0.39, 0.29) is 5.92 Å². The monoisotopic (exact) mass is 361 g/mol. The summed E-state index contributed by atoms with van der Waals surface area (Å²) in [5.74, 6) is 2.05. The summed E-state index contributed by atoms with van der Waals surface area (Å²) in [5, 5.41) is 3.57. The highest BCUT2D eigenvalue weighted by Gasteiger charge is 2.31. The summed E-state index contributed by atoms with van der Waals surface area (Å²) in [6, 6.07) is 21.0. The fraction of sp³-hybridized carbons (Fsp3) is 0.217. The molecule has 0 aliphatic carbocycles. The van der Waals surface area contributed by atoms with Crippen LogP contribution < -0.4 is 19.5 Å². The highest BCUT2D eigenvalue weighted by molar-refractivity contribution is 5.69. The number of anilines is 1. The molecule has 0 amide bonds. The first-order chi connectivity index (χ1) is 13.3. The third kappa shape index (κ3) is 2.87. The van der Waals surface area contributed by atoms with Crippen molar-refractivity contribution in [2.75, 3.05) is 26.6 Å². The van der Waals surface area contributed by atoms with Crippen LogP contribution in [0.15, 0.2) is 60.7 Å². The Bertz CT molecular complexity index is 953. The summed E-state index contributed by atoms with van der Waals surface area (Å²) >= 11 is 0. The van der Waals surface area contributed by atoms with E-state index in [9.17, 15) is 0 Å². The molecule has 1 N–H and O–H groups in total. The molecule has 0 radical (unpaired) electrons. The Labute approximate surface area is 159 Å². The molecule has 0 fully saturated rings. The molecule has 3 aromatic carbocycles. The Morgan fingerprint density at radius 1 is 0.815 bits per heavy atom. The lowest BCUT2D eigenvalue weighted by Crippen LogP contribution is -2.09. The normalized spacial score (nSPS) is 15.0. The average molecular weight is 361 g/mol. The zero-order valence-electron chi connectivity index (χ0n) is 15.8. The minimum Gasteiger partial charge on any atom is -0.493 e. The van der Waals surface area contributed by atoms with Crippen LogP contribution in [0.4, 0.5) is 5.69 Å². The molecule has 4 heteroatoms. The molecule has 138 valence electrons. The van der Waals surface area contributed by atoms with Gasteiger partial charge in [0, 0.05) is 23.7 Å². The summed E-state index contributed by atoms with van der Waals surface area (Å²) in [5.41, 5.74) is 5.80. The molecule has 3 aromatic rings. The maximum absolute atomic E-state index is 5.87. The van der Waals surface area contributed by atoms with Crippen LogP contribution >= 0.6 is 0 Å². The zero-order valence-corrected chi connectivity index (χ0v) is 15.8. The second kappa shape index (κ2) is 7.23. The van der Waals surface area contributed by atoms with Gasteiger partial charge in [-0.25, -0.2) is 0 Å². The number of methoxy groups -OCH3 is 3. The second-order valence-electron chi connectivity index (χ2n) is 6.50. The van der Waals surface area contributed by atoms with Crippen molar-refractivity contribution >= 4 is 5.69 Å². The van der Waals surface area contributed by atoms with Crippen molar-refractivity contribution < 1.29 is 14.2 Å². The Balaban J connectivity index is 2.07. The van der Waals surface area contributed by atoms with Gasteiger partial charge in [-0.15, -0.1) is 0 Å². The molecule has 0 bridgehead atoms. The van der Waals surface area contributed by atoms with Crippen LogP contribution in [0.3, 0.4) is 0 Å². The van der Waals surface area contributed by atoms with Gasteiger partial charge >= 0.3 is 0 Å². The van der Waals surface area contributed by atoms with E-state index in [0.717, 1.165) is 22.6 Å². The van der Waals surface area contributed by atoms with Crippen molar-refractivity contribution in [3.05, 3.63) is 82.9 Å². The van der Waals surface area contributed by atoms with Crippen LogP contribution in [0.2, 0.25) is 0 Å². The molecule has 4 rings (SSSR count). The first-order valence-corrected chi connectivity index (χ1v) is 8.98. The number of para-hydroxylation sites is 1. The first-order valence-electron chi connectivity index (χ1n) is 8.98. The van der Waals surface area contributed by atoms with Gasteiger partial charge in [-0.1, -0.05) is 48.5 Å². The lowest BCUT2D eigenvalue weighted by atomic mass is 9.82. The van der Waals surface area contributed by atoms with Crippen molar-refractivity contribution in [2.24, 2.45) is 0 Å². The third-order valence-corrected chi connectivity index (χ3v) is 5.12. The SMILES string of the molecule is COc1cc2c(c(OC)c1OC)C(c1ccccc1)c1ccccc1NC2. The quantitative estimate of drug-likeness (QED) is 0.723. The fourth-order valence-electron chi connectivity index (χ4n) is 3.94. The van der Waals surface area contributed by atoms with Crippen LogP contribution in [-0.2, 0) is 6.54 Å². The zero-order chi connectivity index (χ0) is 18.8. The van der Waals surface area contributed by atoms with Gasteiger partial charge in [0.2, 0.25) is 5.75 Å². The number of hydrogen-bond acceptors (Lipinski definition) is 4. The number of rotatable bonds is 4. The second-order valence-corrected chi connectivity index (χ2v) is 6.50. The Morgan fingerprint density at radius 3 is 2.22 bits per heavy atom. The molecule has 1 aliphatic heterocycles. The molecule has 27 heavy (non-hydrogen) atoms. The molecule has 0 saturated carbocycles. The Hall–Kier alpha value is -3.14. The molecule has 1 heterocycles. The lowest BCUT2D eigenvalue weighted by Gasteiger charge is -2.25. The minimum absolute atomic E-state index is 0.0298. The lowest BCUT2D eigenvalue weighted by molar-refractivity contribution is 0.321. The van der Waals surface area contributed by atoms with E-state index in [4.69, 9.17) is 14.2 Å². The Morgan fingerprint density at radius 2 is 1.52 bits per heavy atom. The maximum Gasteiger partial charge on any atom is 0.203 e. The minimum atomic E-state index is 0.0298. The first kappa shape index (κ1) is 17.3. The smallest absolute Gasteiger partial charge is 0.203 e. The Kier molecular flexibility index (Phi) is 4.63. The topological polar surface area (TPSA) is 39.7 Å². The van der Waals surface area contributed by atoms with Gasteiger partial charge in [-0.05, 0) is 28.8 Å². The summed E-state index contributed by atoms with van der Waals surface area (Å²) in [4.78, 5) is 0. The van der Waals surface area contributed by atoms with Crippen LogP contribution in [0.1, 0.15) is 28.2 Å². The largest absolute Gasteiger partial charge is 0.493 e. The average Bonchev–Trinajstić information content (AvgIpc) is 2.89. The molecule has 1 aliphatic rings. The van der Waals surface area contributed by atoms with E-state index in [2.05, 4.69) is 53.8 Å². The predicted molar refractivity (Wildman–Crippen MR) is 107 cm³/mol. The van der Waals surface area contributed by atoms with E-state index in [1.165, 1.54) is 11.1 Å². The van der Waals surface area contributed by atoms with Crippen molar-refractivity contribution in [3.63, 3.8) is 0 Å². The maximum atomic E-state index is 5.87. The van der Waals surface area contributed by atoms with Gasteiger partial charge in [0.05, 0.1) is 21.3 Å². The third-order valence-electron chi connectivity index (χ3n) is 5.12. The van der Waals surface area contributed by atoms with Crippen LogP contribution in [0, 0.1) is 0 Å². The van der Waals surface area contributed by atoms with E-state index >= 15 is 0 Å². The number of hydrogen-bond donors (Lipinski definition) is 1. The summed E-state index contributed by atoms with van der Waals surface area (Å²) in [6.07, 6.45) is 0. The van der Waals surface area contributed by atoms with Gasteiger partial charge in [0.25, 0.3) is 0 Å². The van der Waals surface area contributed by atoms with Crippen molar-refractivity contribution in [3.8, 4) is 17.2 Å². The highest BCUT2D eigenvalue weighted by atomic mass is 16.5. The number of benzene rings is 3. The predicted octanol–water partition coefficient (Wildman–Crippen LogP) is 4.82. The van der Waals surface area contributed by atoms with E-state index in [1.54, 1.807) is 21.3 Å². The summed E-state index contributed by atoms with van der Waals surface area (Å²) in [6.45, 7) is 0.687. The molecule has 0 saturated heterocycles. The van der Waals surface area contributed by atoms with Crippen LogP contribution in [0.5, 0.6) is 17.2 Å². The van der Waals surface area contributed by atoms with Gasteiger partial charge in [-0.3, -0.25) is 0 Å². The van der Waals surface area contributed by atoms with E-state index in [0.29, 0.717) is 18.0 Å². The van der Waals surface area contributed by atoms with E-state index < -0.39 is 0 Å². The summed E-state index contributed by atoms with van der Waals surface area (Å²) in [7, 11) is 4.98. The van der Waals surface area contributed by atoms with Gasteiger partial charge in [-0.2, -0.15) is 0 Å². The van der Waals surface area contributed by atoms with Crippen LogP contribution in [-0.4, -0.2) is 21.3 Å². The van der Waals surface area contributed by atoms with Gasteiger partial charge < -0.3 is 19.5 Å². The van der Waals surface area contributed by atoms with Gasteiger partial charge in [0.1, 0.15) is 0 Å². The van der Waals surface area contributed by atoms with Crippen LogP contribution in [0.25, 0.3) is 0 Å². The molecule has 0 aromatic heterocycles. The summed E-state index contributed by atoms with van der Waals surface area (Å²) < 4.78 is 17.1. The van der Waals surface area contributed by atoms with Gasteiger partial charge in [0.15, 0.2) is 11.5 Å². The molecule has 1 unspecified atom stereocenters. The molecule has 1 atom stereocenters. The molecular formula is C23H23NO3. The van der Waals surface area contributed by atoms with E-state index in [1.807, 2.05) is 12.1 Å².